The van der Waals surface area contributed by atoms with E-state index >= 15 is 0 Å². The monoisotopic (exact) mass is 485 g/mol. The van der Waals surface area contributed by atoms with Gasteiger partial charge in [0, 0.05) is 12.6 Å². The molecule has 0 unspecified atom stereocenters. The van der Waals surface area contributed by atoms with E-state index < -0.39 is 21.8 Å². The van der Waals surface area contributed by atoms with Crippen LogP contribution in [0.3, 0.4) is 0 Å². The Morgan fingerprint density at radius 3 is 2.65 bits per heavy atom. The average Bonchev–Trinajstić information content (AvgIpc) is 3.12. The molecular formula is C20H24ClN3O5S2. The van der Waals surface area contributed by atoms with Crippen LogP contribution in [-0.2, 0) is 16.4 Å². The van der Waals surface area contributed by atoms with Crippen LogP contribution < -0.4 is 9.47 Å². The molecule has 0 radical (unpaired) electrons. The summed E-state index contributed by atoms with van der Waals surface area (Å²) < 4.78 is 34.9. The van der Waals surface area contributed by atoms with Gasteiger partial charge < -0.3 is 14.4 Å². The van der Waals surface area contributed by atoms with Gasteiger partial charge in [-0.3, -0.25) is 4.79 Å². The topological polar surface area (TPSA) is 98.7 Å². The molecule has 1 aliphatic heterocycles. The summed E-state index contributed by atoms with van der Waals surface area (Å²) in [6.45, 7) is 2.13. The highest BCUT2D eigenvalue weighted by Crippen LogP contribution is 2.30. The number of carbonyl (C=O) groups is 1. The number of halogens is 1. The van der Waals surface area contributed by atoms with Crippen molar-refractivity contribution in [3.8, 4) is 11.5 Å². The standard InChI is InChI=1S/C20H24ClN3O5S2/c1-4-30-20-22-10-15(21)18(23-20)19(25)24(14-7-8-31(26,27)12-14)11-13-5-6-16(28-2)17(9-13)29-3/h5-6,9-10,14H,4,7-8,11-12H2,1-3H3/t14-/m0/s1. The van der Waals surface area contributed by atoms with Crippen LogP contribution in [-0.4, -0.2) is 66.7 Å². The zero-order chi connectivity index (χ0) is 22.6. The normalized spacial score (nSPS) is 17.4. The first kappa shape index (κ1) is 23.6. The van der Waals surface area contributed by atoms with E-state index in [-0.39, 0.29) is 28.8 Å². The maximum atomic E-state index is 13.5. The maximum absolute atomic E-state index is 13.5. The molecule has 0 spiro atoms. The molecule has 0 N–H and O–H groups in total. The molecule has 2 heterocycles. The molecular weight excluding hydrogens is 462 g/mol. The van der Waals surface area contributed by atoms with E-state index in [0.717, 1.165) is 11.3 Å². The maximum Gasteiger partial charge on any atom is 0.274 e. The van der Waals surface area contributed by atoms with Gasteiger partial charge in [0.25, 0.3) is 5.91 Å². The van der Waals surface area contributed by atoms with Crippen molar-refractivity contribution in [3.63, 3.8) is 0 Å². The zero-order valence-electron chi connectivity index (χ0n) is 17.5. The quantitative estimate of drug-likeness (QED) is 0.415. The minimum absolute atomic E-state index is 0.0435. The Morgan fingerprint density at radius 1 is 1.29 bits per heavy atom. The van der Waals surface area contributed by atoms with Gasteiger partial charge in [-0.25, -0.2) is 18.4 Å². The van der Waals surface area contributed by atoms with Crippen LogP contribution in [0.25, 0.3) is 0 Å². The van der Waals surface area contributed by atoms with Gasteiger partial charge in [0.2, 0.25) is 0 Å². The predicted octanol–water partition coefficient (Wildman–Crippen LogP) is 3.09. The lowest BCUT2D eigenvalue weighted by molar-refractivity contribution is 0.0673. The predicted molar refractivity (Wildman–Crippen MR) is 120 cm³/mol. The summed E-state index contributed by atoms with van der Waals surface area (Å²) in [5.41, 5.74) is 0.834. The smallest absolute Gasteiger partial charge is 0.274 e. The first-order chi connectivity index (χ1) is 14.8. The van der Waals surface area contributed by atoms with Gasteiger partial charge >= 0.3 is 0 Å². The van der Waals surface area contributed by atoms with Gasteiger partial charge in [-0.15, -0.1) is 0 Å². The minimum atomic E-state index is -3.21. The van der Waals surface area contributed by atoms with Crippen molar-refractivity contribution in [3.05, 3.63) is 40.7 Å². The highest BCUT2D eigenvalue weighted by Gasteiger charge is 2.36. The lowest BCUT2D eigenvalue weighted by atomic mass is 10.1. The van der Waals surface area contributed by atoms with Crippen LogP contribution in [0.2, 0.25) is 5.02 Å². The van der Waals surface area contributed by atoms with E-state index in [1.54, 1.807) is 19.2 Å². The third kappa shape index (κ3) is 5.61. The molecule has 1 amide bonds. The lowest BCUT2D eigenvalue weighted by Crippen LogP contribution is -2.41. The number of thioether (sulfide) groups is 1. The molecule has 11 heteroatoms. The molecule has 1 atom stereocenters. The third-order valence-electron chi connectivity index (χ3n) is 4.91. The fraction of sp³-hybridized carbons (Fsp3) is 0.450. The number of hydrogen-bond donors (Lipinski definition) is 0. The van der Waals surface area contributed by atoms with Gasteiger partial charge in [0.05, 0.1) is 36.9 Å². The van der Waals surface area contributed by atoms with E-state index in [9.17, 15) is 13.2 Å². The summed E-state index contributed by atoms with van der Waals surface area (Å²) in [5.74, 6) is 1.35. The summed E-state index contributed by atoms with van der Waals surface area (Å²) >= 11 is 7.65. The van der Waals surface area contributed by atoms with Gasteiger partial charge in [-0.2, -0.15) is 0 Å². The molecule has 1 aliphatic rings. The fourth-order valence-electron chi connectivity index (χ4n) is 3.40. The molecule has 1 fully saturated rings. The van der Waals surface area contributed by atoms with Crippen molar-refractivity contribution >= 4 is 39.1 Å². The van der Waals surface area contributed by atoms with Gasteiger partial charge in [0.1, 0.15) is 0 Å². The Bertz CT molecular complexity index is 1060. The van der Waals surface area contributed by atoms with Gasteiger partial charge in [0.15, 0.2) is 32.2 Å². The number of benzene rings is 1. The molecule has 1 aromatic heterocycles. The molecule has 0 aliphatic carbocycles. The van der Waals surface area contributed by atoms with E-state index in [0.29, 0.717) is 23.1 Å². The Balaban J connectivity index is 1.98. The summed E-state index contributed by atoms with van der Waals surface area (Å²) in [7, 11) is -0.136. The second-order valence-corrected chi connectivity index (χ2v) is 10.8. The molecule has 168 valence electrons. The van der Waals surface area contributed by atoms with Crippen molar-refractivity contribution < 1.29 is 22.7 Å². The van der Waals surface area contributed by atoms with Crippen molar-refractivity contribution in [2.45, 2.75) is 31.1 Å². The number of rotatable bonds is 8. The van der Waals surface area contributed by atoms with E-state index in [2.05, 4.69) is 9.97 Å². The second kappa shape index (κ2) is 10.1. The van der Waals surface area contributed by atoms with Crippen LogP contribution in [0, 0.1) is 0 Å². The molecule has 0 saturated carbocycles. The molecule has 8 nitrogen and oxygen atoms in total. The van der Waals surface area contributed by atoms with Crippen molar-refractivity contribution in [1.82, 2.24) is 14.9 Å². The number of methoxy groups -OCH3 is 2. The fourth-order valence-corrected chi connectivity index (χ4v) is 5.84. The summed E-state index contributed by atoms with van der Waals surface area (Å²) in [5, 5.41) is 0.573. The summed E-state index contributed by atoms with van der Waals surface area (Å²) in [6.07, 6.45) is 1.76. The Kier molecular flexibility index (Phi) is 7.66. The van der Waals surface area contributed by atoms with E-state index in [1.165, 1.54) is 30.0 Å². The molecule has 2 aromatic rings. The lowest BCUT2D eigenvalue weighted by Gasteiger charge is -2.28. The third-order valence-corrected chi connectivity index (χ3v) is 7.68. The van der Waals surface area contributed by atoms with Crippen LogP contribution in [0.4, 0.5) is 0 Å². The van der Waals surface area contributed by atoms with E-state index in [1.807, 2.05) is 13.0 Å². The highest BCUT2D eigenvalue weighted by atomic mass is 35.5. The SMILES string of the molecule is CCSc1ncc(Cl)c(C(=O)N(Cc2ccc(OC)c(OC)c2)[C@H]2CCS(=O)(=O)C2)n1. The molecule has 31 heavy (non-hydrogen) atoms. The van der Waals surface area contributed by atoms with Crippen molar-refractivity contribution in [1.29, 1.82) is 0 Å². The van der Waals surface area contributed by atoms with E-state index in [4.69, 9.17) is 21.1 Å². The van der Waals surface area contributed by atoms with Crippen LogP contribution in [0.15, 0.2) is 29.6 Å². The van der Waals surface area contributed by atoms with Gasteiger partial charge in [-0.05, 0) is 29.9 Å². The van der Waals surface area contributed by atoms with Gasteiger partial charge in [-0.1, -0.05) is 36.4 Å². The molecule has 0 bridgehead atoms. The summed E-state index contributed by atoms with van der Waals surface area (Å²) in [6, 6.07) is 4.85. The molecule has 1 aromatic carbocycles. The summed E-state index contributed by atoms with van der Waals surface area (Å²) in [4.78, 5) is 23.5. The van der Waals surface area contributed by atoms with Crippen molar-refractivity contribution in [2.75, 3.05) is 31.5 Å². The Labute approximate surface area is 191 Å². The first-order valence-corrected chi connectivity index (χ1v) is 12.8. The van der Waals surface area contributed by atoms with Crippen LogP contribution in [0.5, 0.6) is 11.5 Å². The number of hydrogen-bond acceptors (Lipinski definition) is 8. The molecule has 3 rings (SSSR count). The van der Waals surface area contributed by atoms with Crippen molar-refractivity contribution in [2.24, 2.45) is 0 Å². The first-order valence-electron chi connectivity index (χ1n) is 9.65. The number of aromatic nitrogens is 2. The van der Waals surface area contributed by atoms with Crippen LogP contribution >= 0.6 is 23.4 Å². The Hall–Kier alpha value is -2.04. The zero-order valence-corrected chi connectivity index (χ0v) is 19.9. The molecule has 1 saturated heterocycles. The minimum Gasteiger partial charge on any atom is -0.493 e. The number of amides is 1. The number of ether oxygens (including phenoxy) is 2. The average molecular weight is 486 g/mol. The second-order valence-electron chi connectivity index (χ2n) is 6.96. The Morgan fingerprint density at radius 2 is 2.03 bits per heavy atom. The number of sulfone groups is 1. The van der Waals surface area contributed by atoms with Crippen LogP contribution in [0.1, 0.15) is 29.4 Å². The number of nitrogens with zero attached hydrogens (tertiary/aromatic N) is 3. The number of carbonyl (C=O) groups excluding carboxylic acids is 1. The largest absolute Gasteiger partial charge is 0.493 e. The highest BCUT2D eigenvalue weighted by molar-refractivity contribution is 7.99.